The lowest BCUT2D eigenvalue weighted by molar-refractivity contribution is -0.152. The van der Waals surface area contributed by atoms with Crippen LogP contribution in [0.5, 0.6) is 0 Å². The van der Waals surface area contributed by atoms with Crippen LogP contribution in [0.3, 0.4) is 0 Å². The van der Waals surface area contributed by atoms with Gasteiger partial charge in [0.25, 0.3) is 0 Å². The van der Waals surface area contributed by atoms with Gasteiger partial charge in [-0.3, -0.25) is 14.4 Å². The van der Waals surface area contributed by atoms with E-state index in [2.05, 4.69) is 0 Å². The van der Waals surface area contributed by atoms with Crippen LogP contribution in [-0.2, 0) is 19.1 Å². The molecule has 0 saturated carbocycles. The van der Waals surface area contributed by atoms with Crippen LogP contribution >= 0.6 is 11.8 Å². The lowest BCUT2D eigenvalue weighted by atomic mass is 9.75. The summed E-state index contributed by atoms with van der Waals surface area (Å²) in [7, 11) is 0. The summed E-state index contributed by atoms with van der Waals surface area (Å²) < 4.78 is 3.86. The number of hydrogen-bond donors (Lipinski definition) is 1. The third-order valence-electron chi connectivity index (χ3n) is 6.31. The molecule has 0 aliphatic carbocycles. The average molecular weight is 407 g/mol. The van der Waals surface area contributed by atoms with Gasteiger partial charge < -0.3 is 19.6 Å². The van der Waals surface area contributed by atoms with Gasteiger partial charge in [-0.15, -0.1) is 11.8 Å². The topological polar surface area (TPSA) is 87.2 Å². The molecule has 2 amide bonds. The Morgan fingerprint density at radius 2 is 1.96 bits per heavy atom. The predicted molar refractivity (Wildman–Crippen MR) is 104 cm³/mol. The van der Waals surface area contributed by atoms with Gasteiger partial charge in [0.2, 0.25) is 11.8 Å². The Hall–Kier alpha value is -1.80. The molecular formula is C20H26N2O5S. The first-order valence-electron chi connectivity index (χ1n) is 9.71. The van der Waals surface area contributed by atoms with Crippen molar-refractivity contribution in [3.63, 3.8) is 0 Å². The number of carbonyl (C=O) groups is 3. The highest BCUT2D eigenvalue weighted by Gasteiger charge is 2.74. The number of rotatable bonds is 3. The largest absolute Gasteiger partial charge is 0.461 e. The summed E-state index contributed by atoms with van der Waals surface area (Å²) in [6.45, 7) is 6.33. The summed E-state index contributed by atoms with van der Waals surface area (Å²) in [6, 6.07) is -0.761. The highest BCUT2D eigenvalue weighted by atomic mass is 32.2. The minimum absolute atomic E-state index is 0.0187. The van der Waals surface area contributed by atoms with Gasteiger partial charge in [0.15, 0.2) is 0 Å². The van der Waals surface area contributed by atoms with Crippen LogP contribution in [0.15, 0.2) is 24.3 Å². The lowest BCUT2D eigenvalue weighted by Crippen LogP contribution is -2.55. The van der Waals surface area contributed by atoms with Gasteiger partial charge in [-0.25, -0.2) is 0 Å². The number of nitrogens with zero attached hydrogens (tertiary/aromatic N) is 2. The number of esters is 1. The molecular weight excluding hydrogens is 380 g/mol. The van der Waals surface area contributed by atoms with Crippen molar-refractivity contribution in [1.29, 1.82) is 0 Å². The zero-order valence-electron chi connectivity index (χ0n) is 16.3. The van der Waals surface area contributed by atoms with E-state index in [-0.39, 0.29) is 37.6 Å². The number of aliphatic hydroxyl groups is 1. The van der Waals surface area contributed by atoms with Crippen LogP contribution in [0, 0.1) is 11.8 Å². The van der Waals surface area contributed by atoms with Crippen LogP contribution in [0.4, 0.5) is 0 Å². The molecule has 0 bridgehead atoms. The zero-order valence-corrected chi connectivity index (χ0v) is 17.1. The van der Waals surface area contributed by atoms with Gasteiger partial charge in [-0.1, -0.05) is 18.2 Å². The number of thioether (sulfide) groups is 1. The van der Waals surface area contributed by atoms with E-state index >= 15 is 0 Å². The first-order valence-corrected chi connectivity index (χ1v) is 10.5. The monoisotopic (exact) mass is 406 g/mol. The summed E-state index contributed by atoms with van der Waals surface area (Å²) in [5.74, 6) is -2.14. The highest BCUT2D eigenvalue weighted by molar-refractivity contribution is 8.02. The molecule has 8 heteroatoms. The predicted octanol–water partition coefficient (Wildman–Crippen LogP) is 0.586. The Kier molecular flexibility index (Phi) is 4.62. The Balaban J connectivity index is 1.89. The zero-order chi connectivity index (χ0) is 20.3. The summed E-state index contributed by atoms with van der Waals surface area (Å²) in [4.78, 5) is 43.1. The highest BCUT2D eigenvalue weighted by Crippen LogP contribution is 2.65. The SMILES string of the molecule is CC(C)N1CC=C[C@]23S[C@@]4(C)C=CCOC(=O)[C@H]4[C@H]2C(=O)N(CCO)C3C1=O. The Bertz CT molecular complexity index is 781. The van der Waals surface area contributed by atoms with Crippen LogP contribution in [0.2, 0.25) is 0 Å². The first kappa shape index (κ1) is 19.5. The van der Waals surface area contributed by atoms with Gasteiger partial charge in [0, 0.05) is 23.9 Å². The van der Waals surface area contributed by atoms with E-state index in [1.165, 1.54) is 16.7 Å². The summed E-state index contributed by atoms with van der Waals surface area (Å²) in [5, 5.41) is 9.56. The standard InChI is InChI=1S/C20H26N2O5S/c1-12(2)21-8-4-7-20-13(16(24)22(9-10-23)15(20)17(21)25)14-18(26)27-11-5-6-19(14,3)28-20/h4-7,12-15,23H,8-11H2,1-3H3/t13-,14+,15?,19-,20-/m0/s1. The fraction of sp³-hybridized carbons (Fsp3) is 0.650. The van der Waals surface area contributed by atoms with Crippen molar-refractivity contribution in [2.24, 2.45) is 11.8 Å². The Morgan fingerprint density at radius 3 is 2.64 bits per heavy atom. The minimum Gasteiger partial charge on any atom is -0.461 e. The van der Waals surface area contributed by atoms with E-state index in [9.17, 15) is 19.5 Å². The van der Waals surface area contributed by atoms with Crippen molar-refractivity contribution in [2.45, 2.75) is 42.3 Å². The summed E-state index contributed by atoms with van der Waals surface area (Å²) in [5.41, 5.74) is 0. The molecule has 0 radical (unpaired) electrons. The van der Waals surface area contributed by atoms with Crippen LogP contribution < -0.4 is 0 Å². The van der Waals surface area contributed by atoms with Gasteiger partial charge in [-0.05, 0) is 26.8 Å². The third-order valence-corrected chi connectivity index (χ3v) is 8.10. The van der Waals surface area contributed by atoms with E-state index in [1.807, 2.05) is 45.1 Å². The number of aliphatic hydroxyl groups excluding tert-OH is 1. The molecule has 2 fully saturated rings. The second-order valence-electron chi connectivity index (χ2n) is 8.27. The van der Waals surface area contributed by atoms with E-state index in [1.54, 1.807) is 4.90 Å². The number of fused-ring (bicyclic) bond motifs is 2. The maximum absolute atomic E-state index is 13.6. The molecule has 0 aromatic rings. The summed E-state index contributed by atoms with van der Waals surface area (Å²) in [6.07, 6.45) is 7.67. The van der Waals surface area contributed by atoms with E-state index in [4.69, 9.17) is 4.74 Å². The van der Waals surface area contributed by atoms with Crippen LogP contribution in [0.25, 0.3) is 0 Å². The lowest BCUT2D eigenvalue weighted by Gasteiger charge is -2.37. The second kappa shape index (κ2) is 6.62. The second-order valence-corrected chi connectivity index (χ2v) is 10.1. The van der Waals surface area contributed by atoms with Gasteiger partial charge in [0.05, 0.1) is 23.2 Å². The molecule has 7 nitrogen and oxygen atoms in total. The maximum Gasteiger partial charge on any atom is 0.311 e. The molecule has 5 atom stereocenters. The Labute approximate surface area is 168 Å². The molecule has 4 heterocycles. The molecule has 152 valence electrons. The van der Waals surface area contributed by atoms with E-state index < -0.39 is 33.3 Å². The maximum atomic E-state index is 13.6. The van der Waals surface area contributed by atoms with Crippen molar-refractivity contribution in [3.8, 4) is 0 Å². The number of carbonyl (C=O) groups excluding carboxylic acids is 3. The third kappa shape index (κ3) is 2.50. The van der Waals surface area contributed by atoms with Gasteiger partial charge in [-0.2, -0.15) is 0 Å². The smallest absolute Gasteiger partial charge is 0.311 e. The molecule has 1 unspecified atom stereocenters. The van der Waals surface area contributed by atoms with E-state index in [0.29, 0.717) is 6.54 Å². The molecule has 0 aromatic heterocycles. The summed E-state index contributed by atoms with van der Waals surface area (Å²) >= 11 is 1.51. The van der Waals surface area contributed by atoms with Crippen molar-refractivity contribution in [3.05, 3.63) is 24.3 Å². The van der Waals surface area contributed by atoms with Crippen LogP contribution in [0.1, 0.15) is 20.8 Å². The van der Waals surface area contributed by atoms with Crippen LogP contribution in [-0.4, -0.2) is 80.6 Å². The molecule has 2 saturated heterocycles. The number of β-amino-alcohol motifs (C(OH)–C–C–N with tert-alkyl or cyclic N) is 1. The van der Waals surface area contributed by atoms with Gasteiger partial charge in [0.1, 0.15) is 12.6 Å². The number of amides is 2. The van der Waals surface area contributed by atoms with Crippen molar-refractivity contribution >= 4 is 29.5 Å². The first-order chi connectivity index (χ1) is 13.3. The number of likely N-dealkylation sites (tertiary alicyclic amines) is 1. The molecule has 4 rings (SSSR count). The molecule has 4 aliphatic heterocycles. The Morgan fingerprint density at radius 1 is 1.21 bits per heavy atom. The number of hydrogen-bond acceptors (Lipinski definition) is 6. The number of ether oxygens (including phenoxy) is 1. The molecule has 4 aliphatic rings. The normalized spacial score (nSPS) is 39.6. The fourth-order valence-corrected chi connectivity index (χ4v) is 7.34. The fourth-order valence-electron chi connectivity index (χ4n) is 5.19. The molecule has 28 heavy (non-hydrogen) atoms. The quantitative estimate of drug-likeness (QED) is 0.545. The van der Waals surface area contributed by atoms with E-state index in [0.717, 1.165) is 0 Å². The van der Waals surface area contributed by atoms with Crippen molar-refractivity contribution in [2.75, 3.05) is 26.3 Å². The minimum atomic E-state index is -0.854. The van der Waals surface area contributed by atoms with Gasteiger partial charge >= 0.3 is 5.97 Å². The average Bonchev–Trinajstić information content (AvgIpc) is 2.86. The molecule has 1 spiro atoms. The number of cyclic esters (lactones) is 1. The molecule has 1 N–H and O–H groups in total. The van der Waals surface area contributed by atoms with Crippen molar-refractivity contribution in [1.82, 2.24) is 9.80 Å². The van der Waals surface area contributed by atoms with Crippen molar-refractivity contribution < 1.29 is 24.2 Å². The molecule has 0 aromatic carbocycles.